The average molecular weight is 195 g/mol. The lowest BCUT2D eigenvalue weighted by Crippen LogP contribution is -2.40. The van der Waals surface area contributed by atoms with Gasteiger partial charge in [0.2, 0.25) is 0 Å². The molecule has 2 aliphatic heterocycles. The van der Waals surface area contributed by atoms with Gasteiger partial charge in [0.25, 0.3) is 0 Å². The number of likely N-dealkylation sites (tertiary alicyclic amines) is 1. The van der Waals surface area contributed by atoms with E-state index in [0.29, 0.717) is 6.10 Å². The first kappa shape index (κ1) is 9.17. The molecule has 3 rings (SSSR count). The molecule has 0 bridgehead atoms. The van der Waals surface area contributed by atoms with Crippen LogP contribution in [0.15, 0.2) is 0 Å². The molecule has 0 aromatic carbocycles. The SMILES string of the molecule is C1CCC2(C1)CCN(CC1CO1)CC2. The van der Waals surface area contributed by atoms with Gasteiger partial charge in [0.1, 0.15) is 0 Å². The van der Waals surface area contributed by atoms with Crippen LogP contribution in [0.4, 0.5) is 0 Å². The van der Waals surface area contributed by atoms with E-state index in [2.05, 4.69) is 4.90 Å². The van der Waals surface area contributed by atoms with E-state index in [1.54, 1.807) is 0 Å². The lowest BCUT2D eigenvalue weighted by molar-refractivity contribution is 0.102. The Hall–Kier alpha value is -0.0800. The van der Waals surface area contributed by atoms with E-state index in [1.165, 1.54) is 58.2 Å². The van der Waals surface area contributed by atoms with E-state index in [4.69, 9.17) is 4.74 Å². The summed E-state index contributed by atoms with van der Waals surface area (Å²) in [6.45, 7) is 4.89. The van der Waals surface area contributed by atoms with E-state index < -0.39 is 0 Å². The monoisotopic (exact) mass is 195 g/mol. The molecule has 0 aromatic rings. The second-order valence-electron chi connectivity index (χ2n) is 5.46. The van der Waals surface area contributed by atoms with Crippen molar-refractivity contribution in [2.24, 2.45) is 5.41 Å². The van der Waals surface area contributed by atoms with Crippen LogP contribution in [0.25, 0.3) is 0 Å². The Morgan fingerprint density at radius 2 is 1.71 bits per heavy atom. The Bertz CT molecular complexity index is 196. The second kappa shape index (κ2) is 3.49. The smallest absolute Gasteiger partial charge is 0.0936 e. The van der Waals surface area contributed by atoms with Gasteiger partial charge in [-0.25, -0.2) is 0 Å². The molecule has 0 N–H and O–H groups in total. The van der Waals surface area contributed by atoms with Crippen molar-refractivity contribution in [1.29, 1.82) is 0 Å². The van der Waals surface area contributed by atoms with Crippen LogP contribution in [0.5, 0.6) is 0 Å². The second-order valence-corrected chi connectivity index (χ2v) is 5.46. The Morgan fingerprint density at radius 1 is 1.07 bits per heavy atom. The van der Waals surface area contributed by atoms with Gasteiger partial charge in [0, 0.05) is 6.54 Å². The first-order chi connectivity index (χ1) is 6.86. The Kier molecular flexibility index (Phi) is 2.29. The summed E-state index contributed by atoms with van der Waals surface area (Å²) in [6, 6.07) is 0. The van der Waals surface area contributed by atoms with E-state index in [9.17, 15) is 0 Å². The number of hydrogen-bond acceptors (Lipinski definition) is 2. The van der Waals surface area contributed by atoms with Gasteiger partial charge in [-0.05, 0) is 44.2 Å². The van der Waals surface area contributed by atoms with E-state index in [1.807, 2.05) is 0 Å². The van der Waals surface area contributed by atoms with Crippen LogP contribution in [-0.4, -0.2) is 37.2 Å². The molecule has 0 radical (unpaired) electrons. The molecular formula is C12H21NO. The fourth-order valence-electron chi connectivity index (χ4n) is 3.30. The molecule has 80 valence electrons. The first-order valence-corrected chi connectivity index (χ1v) is 6.20. The Labute approximate surface area is 86.6 Å². The summed E-state index contributed by atoms with van der Waals surface area (Å²) in [5.41, 5.74) is 0.779. The third-order valence-corrected chi connectivity index (χ3v) is 4.45. The zero-order valence-electron chi connectivity index (χ0n) is 9.00. The van der Waals surface area contributed by atoms with Gasteiger partial charge in [-0.15, -0.1) is 0 Å². The zero-order chi connectivity index (χ0) is 9.43. The standard InChI is InChI=1S/C12H21NO/c1-2-4-12(3-1)5-7-13(8-6-12)9-11-10-14-11/h11H,1-10H2. The zero-order valence-corrected chi connectivity index (χ0v) is 9.00. The lowest BCUT2D eigenvalue weighted by atomic mass is 9.77. The van der Waals surface area contributed by atoms with E-state index in [-0.39, 0.29) is 0 Å². The van der Waals surface area contributed by atoms with Gasteiger partial charge in [0.05, 0.1) is 12.7 Å². The first-order valence-electron chi connectivity index (χ1n) is 6.20. The van der Waals surface area contributed by atoms with Crippen molar-refractivity contribution in [1.82, 2.24) is 4.90 Å². The Balaban J connectivity index is 1.50. The molecule has 2 heteroatoms. The molecule has 14 heavy (non-hydrogen) atoms. The third-order valence-electron chi connectivity index (χ3n) is 4.45. The minimum atomic E-state index is 0.590. The molecule has 3 fully saturated rings. The maximum absolute atomic E-state index is 5.29. The van der Waals surface area contributed by atoms with Crippen molar-refractivity contribution in [3.05, 3.63) is 0 Å². The normalized spacial score (nSPS) is 36.4. The van der Waals surface area contributed by atoms with Crippen molar-refractivity contribution in [2.45, 2.75) is 44.6 Å². The van der Waals surface area contributed by atoms with Crippen molar-refractivity contribution >= 4 is 0 Å². The molecule has 0 amide bonds. The van der Waals surface area contributed by atoms with Gasteiger partial charge >= 0.3 is 0 Å². The highest BCUT2D eigenvalue weighted by atomic mass is 16.6. The quantitative estimate of drug-likeness (QED) is 0.627. The molecule has 2 heterocycles. The fraction of sp³-hybridized carbons (Fsp3) is 1.00. The number of nitrogens with zero attached hydrogens (tertiary/aromatic N) is 1. The van der Waals surface area contributed by atoms with E-state index >= 15 is 0 Å². The number of rotatable bonds is 2. The lowest BCUT2D eigenvalue weighted by Gasteiger charge is -2.39. The topological polar surface area (TPSA) is 15.8 Å². The summed E-state index contributed by atoms with van der Waals surface area (Å²) >= 11 is 0. The molecule has 1 saturated carbocycles. The third kappa shape index (κ3) is 1.82. The maximum atomic E-state index is 5.29. The summed E-state index contributed by atoms with van der Waals surface area (Å²) in [4.78, 5) is 2.61. The van der Waals surface area contributed by atoms with Crippen molar-refractivity contribution < 1.29 is 4.74 Å². The highest BCUT2D eigenvalue weighted by molar-refractivity contribution is 4.90. The van der Waals surface area contributed by atoms with Gasteiger partial charge in [-0.2, -0.15) is 0 Å². The molecule has 3 aliphatic rings. The predicted molar refractivity (Wildman–Crippen MR) is 56.3 cm³/mol. The number of hydrogen-bond donors (Lipinski definition) is 0. The van der Waals surface area contributed by atoms with Crippen LogP contribution in [0.3, 0.4) is 0 Å². The van der Waals surface area contributed by atoms with E-state index in [0.717, 1.165) is 12.0 Å². The van der Waals surface area contributed by atoms with Crippen LogP contribution in [0.2, 0.25) is 0 Å². The van der Waals surface area contributed by atoms with Gasteiger partial charge in [-0.3, -0.25) is 0 Å². The van der Waals surface area contributed by atoms with Gasteiger partial charge in [0.15, 0.2) is 0 Å². The molecule has 1 atom stereocenters. The predicted octanol–water partition coefficient (Wildman–Crippen LogP) is 2.04. The summed E-state index contributed by atoms with van der Waals surface area (Å²) in [7, 11) is 0. The average Bonchev–Trinajstić information content (AvgIpc) is 2.91. The largest absolute Gasteiger partial charge is 0.372 e. The fourth-order valence-corrected chi connectivity index (χ4v) is 3.30. The van der Waals surface area contributed by atoms with Crippen molar-refractivity contribution in [3.8, 4) is 0 Å². The number of piperidine rings is 1. The molecule has 2 nitrogen and oxygen atoms in total. The number of epoxide rings is 1. The summed E-state index contributed by atoms with van der Waals surface area (Å²) in [5.74, 6) is 0. The summed E-state index contributed by atoms with van der Waals surface area (Å²) in [5, 5.41) is 0. The maximum Gasteiger partial charge on any atom is 0.0936 e. The molecule has 1 unspecified atom stereocenters. The van der Waals surface area contributed by atoms with Crippen LogP contribution in [0.1, 0.15) is 38.5 Å². The van der Waals surface area contributed by atoms with Crippen LogP contribution in [0, 0.1) is 5.41 Å². The van der Waals surface area contributed by atoms with Crippen LogP contribution in [-0.2, 0) is 4.74 Å². The minimum absolute atomic E-state index is 0.590. The molecular weight excluding hydrogens is 174 g/mol. The minimum Gasteiger partial charge on any atom is -0.372 e. The van der Waals surface area contributed by atoms with Crippen molar-refractivity contribution in [2.75, 3.05) is 26.2 Å². The summed E-state index contributed by atoms with van der Waals surface area (Å²) in [6.07, 6.45) is 9.52. The number of ether oxygens (including phenoxy) is 1. The molecule has 1 aliphatic carbocycles. The van der Waals surface area contributed by atoms with Gasteiger partial charge < -0.3 is 9.64 Å². The summed E-state index contributed by atoms with van der Waals surface area (Å²) < 4.78 is 5.29. The highest BCUT2D eigenvalue weighted by Crippen LogP contribution is 2.46. The Morgan fingerprint density at radius 3 is 2.29 bits per heavy atom. The van der Waals surface area contributed by atoms with Crippen LogP contribution >= 0.6 is 0 Å². The molecule has 0 aromatic heterocycles. The van der Waals surface area contributed by atoms with Crippen molar-refractivity contribution in [3.63, 3.8) is 0 Å². The van der Waals surface area contributed by atoms with Gasteiger partial charge in [-0.1, -0.05) is 12.8 Å². The highest BCUT2D eigenvalue weighted by Gasteiger charge is 2.38. The van der Waals surface area contributed by atoms with Crippen LogP contribution < -0.4 is 0 Å². The molecule has 2 saturated heterocycles. The molecule has 1 spiro atoms.